The van der Waals surface area contributed by atoms with Gasteiger partial charge in [0.25, 0.3) is 0 Å². The molecular weight excluding hydrogens is 472 g/mol. The molecule has 0 aliphatic carbocycles. The Balaban J connectivity index is 1.56. The molecule has 36 heavy (non-hydrogen) atoms. The van der Waals surface area contributed by atoms with E-state index in [1.807, 2.05) is 55.6 Å². The minimum Gasteiger partial charge on any atom is -0.504 e. The highest BCUT2D eigenvalue weighted by Crippen LogP contribution is 2.52. The number of methoxy groups -OCH3 is 2. The number of anilines is 1. The number of amides is 1. The molecule has 0 radical (unpaired) electrons. The smallest absolute Gasteiger partial charge is 0.410 e. The van der Waals surface area contributed by atoms with Gasteiger partial charge in [0.15, 0.2) is 0 Å². The van der Waals surface area contributed by atoms with Crippen molar-refractivity contribution in [1.82, 2.24) is 4.90 Å². The van der Waals surface area contributed by atoms with Crippen molar-refractivity contribution in [3.63, 3.8) is 0 Å². The van der Waals surface area contributed by atoms with E-state index in [1.165, 1.54) is 21.7 Å². The number of carbonyl (C=O) groups excluding carboxylic acids is 1. The summed E-state index contributed by atoms with van der Waals surface area (Å²) in [4.78, 5) is 18.8. The van der Waals surface area contributed by atoms with Crippen LogP contribution < -0.4 is 9.64 Å². The summed E-state index contributed by atoms with van der Waals surface area (Å²) in [7, 11) is 3.34. The second-order valence-electron chi connectivity index (χ2n) is 10.7. The molecule has 2 aromatic rings. The average Bonchev–Trinajstić information content (AvgIpc) is 3.00. The predicted molar refractivity (Wildman–Crippen MR) is 146 cm³/mol. The van der Waals surface area contributed by atoms with Gasteiger partial charge in [0.05, 0.1) is 26.2 Å². The Morgan fingerprint density at radius 2 is 1.97 bits per heavy atom. The first-order valence-corrected chi connectivity index (χ1v) is 13.7. The van der Waals surface area contributed by atoms with Crippen LogP contribution in [0.25, 0.3) is 17.2 Å². The van der Waals surface area contributed by atoms with Crippen LogP contribution in [-0.2, 0) is 9.47 Å². The quantitative estimate of drug-likeness (QED) is 0.446. The topological polar surface area (TPSA) is 51.2 Å². The molecule has 0 aromatic heterocycles. The molecule has 3 aliphatic heterocycles. The van der Waals surface area contributed by atoms with E-state index in [2.05, 4.69) is 23.1 Å². The summed E-state index contributed by atoms with van der Waals surface area (Å²) in [5.74, 6) is 2.21. The summed E-state index contributed by atoms with van der Waals surface area (Å²) in [6.45, 7) is 8.28. The van der Waals surface area contributed by atoms with Gasteiger partial charge in [-0.05, 0) is 92.0 Å². The first kappa shape index (κ1) is 24.9. The molecule has 0 unspecified atom stereocenters. The summed E-state index contributed by atoms with van der Waals surface area (Å²) >= 11 is 1.95. The van der Waals surface area contributed by atoms with Crippen LogP contribution in [-0.4, -0.2) is 62.2 Å². The first-order valence-electron chi connectivity index (χ1n) is 12.7. The maximum atomic E-state index is 12.9. The van der Waals surface area contributed by atoms with Crippen molar-refractivity contribution in [1.29, 1.82) is 0 Å². The number of hydrogen-bond donors (Lipinski definition) is 0. The molecule has 1 fully saturated rings. The molecular formula is C29H36N2O4S. The van der Waals surface area contributed by atoms with E-state index < -0.39 is 5.60 Å². The number of nitrogens with zero attached hydrogens (tertiary/aromatic N) is 2. The highest BCUT2D eigenvalue weighted by atomic mass is 32.2. The lowest BCUT2D eigenvalue weighted by Crippen LogP contribution is -2.49. The molecule has 0 N–H and O–H groups in total. The molecule has 1 amide bonds. The average molecular weight is 509 g/mol. The number of thioether (sulfide) groups is 1. The fraction of sp³-hybridized carbons (Fsp3) is 0.483. The summed E-state index contributed by atoms with van der Waals surface area (Å²) in [6.07, 6.45) is 5.60. The van der Waals surface area contributed by atoms with E-state index in [0.29, 0.717) is 12.6 Å². The monoisotopic (exact) mass is 508 g/mol. The predicted octanol–water partition coefficient (Wildman–Crippen LogP) is 6.39. The van der Waals surface area contributed by atoms with Crippen LogP contribution in [0.1, 0.15) is 50.7 Å². The van der Waals surface area contributed by atoms with Crippen molar-refractivity contribution in [3.8, 4) is 16.9 Å². The molecule has 2 atom stereocenters. The van der Waals surface area contributed by atoms with Crippen LogP contribution in [0.5, 0.6) is 5.75 Å². The van der Waals surface area contributed by atoms with Crippen molar-refractivity contribution < 1.29 is 19.0 Å². The Labute approximate surface area is 218 Å². The van der Waals surface area contributed by atoms with E-state index >= 15 is 0 Å². The lowest BCUT2D eigenvalue weighted by Gasteiger charge is -2.39. The van der Waals surface area contributed by atoms with E-state index in [1.54, 1.807) is 20.5 Å². The van der Waals surface area contributed by atoms with Crippen LogP contribution in [0.3, 0.4) is 0 Å². The maximum Gasteiger partial charge on any atom is 0.410 e. The van der Waals surface area contributed by atoms with Gasteiger partial charge in [0.2, 0.25) is 0 Å². The first-order chi connectivity index (χ1) is 17.3. The lowest BCUT2D eigenvalue weighted by atomic mass is 9.87. The molecule has 0 saturated carbocycles. The van der Waals surface area contributed by atoms with Crippen molar-refractivity contribution in [2.75, 3.05) is 44.5 Å². The third-order valence-corrected chi connectivity index (χ3v) is 8.29. The van der Waals surface area contributed by atoms with Crippen molar-refractivity contribution in [2.24, 2.45) is 0 Å². The van der Waals surface area contributed by atoms with Gasteiger partial charge < -0.3 is 24.0 Å². The summed E-state index contributed by atoms with van der Waals surface area (Å²) in [5.41, 5.74) is 5.62. The van der Waals surface area contributed by atoms with Crippen LogP contribution in [0.15, 0.2) is 41.5 Å². The Morgan fingerprint density at radius 3 is 2.72 bits per heavy atom. The number of likely N-dealkylation sites (tertiary alicyclic amines) is 1. The van der Waals surface area contributed by atoms with E-state index in [-0.39, 0.29) is 12.0 Å². The highest BCUT2D eigenvalue weighted by molar-refractivity contribution is 7.99. The van der Waals surface area contributed by atoms with Crippen LogP contribution in [0, 0.1) is 0 Å². The fourth-order valence-electron chi connectivity index (χ4n) is 5.67. The normalized spacial score (nSPS) is 21.1. The minimum absolute atomic E-state index is 0.207. The highest BCUT2D eigenvalue weighted by Gasteiger charge is 2.45. The number of piperidine rings is 1. The molecule has 3 heterocycles. The molecule has 0 spiro atoms. The minimum atomic E-state index is -0.494. The van der Waals surface area contributed by atoms with Gasteiger partial charge in [-0.3, -0.25) is 0 Å². The molecule has 6 nitrogen and oxygen atoms in total. The SMILES string of the molecule is CO/C=C/c1cc(OC)ccc1-c1cc2c3c(c1)[C@@H]1CN(C(=O)OC(C)(C)C)CC[C@@H]1N3CCCS2. The lowest BCUT2D eigenvalue weighted by molar-refractivity contribution is 0.0189. The summed E-state index contributed by atoms with van der Waals surface area (Å²) in [5, 5.41) is 0. The van der Waals surface area contributed by atoms with Crippen molar-refractivity contribution >= 4 is 29.6 Å². The van der Waals surface area contributed by atoms with Gasteiger partial charge >= 0.3 is 6.09 Å². The Morgan fingerprint density at radius 1 is 1.14 bits per heavy atom. The van der Waals surface area contributed by atoms with Gasteiger partial charge in [-0.15, -0.1) is 11.8 Å². The number of hydrogen-bond acceptors (Lipinski definition) is 6. The second kappa shape index (κ2) is 9.92. The second-order valence-corrected chi connectivity index (χ2v) is 11.8. The fourth-order valence-corrected chi connectivity index (χ4v) is 6.74. The zero-order valence-corrected chi connectivity index (χ0v) is 22.7. The van der Waals surface area contributed by atoms with E-state index in [0.717, 1.165) is 48.6 Å². The number of carbonyl (C=O) groups is 1. The van der Waals surface area contributed by atoms with Gasteiger partial charge in [-0.25, -0.2) is 4.79 Å². The Kier molecular flexibility index (Phi) is 6.86. The largest absolute Gasteiger partial charge is 0.504 e. The van der Waals surface area contributed by atoms with Crippen molar-refractivity contribution in [3.05, 3.63) is 47.7 Å². The molecule has 5 rings (SSSR count). The molecule has 192 valence electrons. The number of fused-ring (bicyclic) bond motifs is 3. The third kappa shape index (κ3) is 4.77. The Bertz CT molecular complexity index is 1170. The summed E-state index contributed by atoms with van der Waals surface area (Å²) in [6, 6.07) is 11.3. The van der Waals surface area contributed by atoms with Gasteiger partial charge in [-0.2, -0.15) is 0 Å². The van der Waals surface area contributed by atoms with Gasteiger partial charge in [0.1, 0.15) is 11.4 Å². The van der Waals surface area contributed by atoms with Gasteiger partial charge in [-0.1, -0.05) is 6.07 Å². The molecule has 1 saturated heterocycles. The third-order valence-electron chi connectivity index (χ3n) is 7.17. The molecule has 2 aromatic carbocycles. The Hall–Kier alpha value is -2.80. The molecule has 0 bridgehead atoms. The zero-order chi connectivity index (χ0) is 25.4. The summed E-state index contributed by atoms with van der Waals surface area (Å²) < 4.78 is 16.4. The van der Waals surface area contributed by atoms with E-state index in [4.69, 9.17) is 14.2 Å². The maximum absolute atomic E-state index is 12.9. The number of ether oxygens (including phenoxy) is 3. The van der Waals surface area contributed by atoms with Crippen molar-refractivity contribution in [2.45, 2.75) is 56.1 Å². The van der Waals surface area contributed by atoms with Gasteiger partial charge in [0, 0.05) is 36.5 Å². The zero-order valence-electron chi connectivity index (χ0n) is 21.9. The standard InChI is InChI=1S/C29H36N2O4S/c1-29(2,3)35-28(32)30-12-9-25-24(18-30)23-16-20(17-26-27(23)31(25)11-6-14-36-26)22-8-7-21(34-5)15-19(22)10-13-33-4/h7-8,10,13,15-17,24-25H,6,9,11-12,14,18H2,1-5H3/b13-10+/t24-,25-/m0/s1. The van der Waals surface area contributed by atoms with E-state index in [9.17, 15) is 4.79 Å². The van der Waals surface area contributed by atoms with Crippen LogP contribution >= 0.6 is 11.8 Å². The number of benzene rings is 2. The van der Waals surface area contributed by atoms with Crippen LogP contribution in [0.4, 0.5) is 10.5 Å². The molecule has 3 aliphatic rings. The number of rotatable bonds is 4. The van der Waals surface area contributed by atoms with Crippen LogP contribution in [0.2, 0.25) is 0 Å². The molecule has 7 heteroatoms.